The molecule has 0 unspecified atom stereocenters. The minimum absolute atomic E-state index is 0.165. The van der Waals surface area contributed by atoms with Gasteiger partial charge in [-0.1, -0.05) is 24.4 Å². The summed E-state index contributed by atoms with van der Waals surface area (Å²) < 4.78 is 5.43. The van der Waals surface area contributed by atoms with Crippen LogP contribution in [0.4, 0.5) is 0 Å². The van der Waals surface area contributed by atoms with E-state index in [2.05, 4.69) is 15.1 Å². The molecule has 0 radical (unpaired) electrons. The number of nitrogens with zero attached hydrogens (tertiary/aromatic N) is 3. The van der Waals surface area contributed by atoms with Crippen LogP contribution in [-0.4, -0.2) is 21.7 Å². The summed E-state index contributed by atoms with van der Waals surface area (Å²) in [4.78, 5) is 8.55. The van der Waals surface area contributed by atoms with Gasteiger partial charge in [0, 0.05) is 25.2 Å². The molecule has 21 heavy (non-hydrogen) atoms. The van der Waals surface area contributed by atoms with Crippen molar-refractivity contribution in [3.8, 4) is 0 Å². The highest BCUT2D eigenvalue weighted by Crippen LogP contribution is 2.38. The monoisotopic (exact) mass is 286 g/mol. The zero-order valence-corrected chi connectivity index (χ0v) is 12.3. The van der Waals surface area contributed by atoms with Crippen LogP contribution in [0.1, 0.15) is 49.4 Å². The van der Waals surface area contributed by atoms with Crippen LogP contribution in [0.5, 0.6) is 0 Å². The van der Waals surface area contributed by atoms with Crippen molar-refractivity contribution in [2.24, 2.45) is 11.1 Å². The fraction of sp³-hybridized carbons (Fsp3) is 0.562. The molecule has 0 amide bonds. The molecular weight excluding hydrogens is 264 g/mol. The van der Waals surface area contributed by atoms with Gasteiger partial charge in [0.2, 0.25) is 5.89 Å². The van der Waals surface area contributed by atoms with Crippen LogP contribution in [0.2, 0.25) is 0 Å². The van der Waals surface area contributed by atoms with Crippen molar-refractivity contribution in [2.45, 2.75) is 44.9 Å². The fourth-order valence-corrected chi connectivity index (χ4v) is 3.19. The first kappa shape index (κ1) is 14.2. The lowest BCUT2D eigenvalue weighted by molar-refractivity contribution is 0.177. The fourth-order valence-electron chi connectivity index (χ4n) is 3.19. The van der Waals surface area contributed by atoms with Gasteiger partial charge in [-0.25, -0.2) is 0 Å². The molecule has 1 aliphatic rings. The normalized spacial score (nSPS) is 17.8. The lowest BCUT2D eigenvalue weighted by Gasteiger charge is -2.34. The zero-order valence-electron chi connectivity index (χ0n) is 12.3. The van der Waals surface area contributed by atoms with Gasteiger partial charge in [-0.2, -0.15) is 4.98 Å². The quantitative estimate of drug-likeness (QED) is 0.913. The van der Waals surface area contributed by atoms with E-state index in [0.717, 1.165) is 23.7 Å². The number of nitrogens with two attached hydrogens (primary N) is 1. The number of hydrogen-bond acceptors (Lipinski definition) is 5. The summed E-state index contributed by atoms with van der Waals surface area (Å²) >= 11 is 0. The molecule has 2 aromatic rings. The molecule has 2 aromatic heterocycles. The molecule has 5 heteroatoms. The van der Waals surface area contributed by atoms with E-state index in [1.54, 1.807) is 12.4 Å². The van der Waals surface area contributed by atoms with Crippen LogP contribution in [0, 0.1) is 5.41 Å². The van der Waals surface area contributed by atoms with Crippen LogP contribution in [0.3, 0.4) is 0 Å². The molecule has 0 atom stereocenters. The smallest absolute Gasteiger partial charge is 0.227 e. The van der Waals surface area contributed by atoms with E-state index in [9.17, 15) is 0 Å². The third-order valence-corrected chi connectivity index (χ3v) is 4.50. The zero-order chi connectivity index (χ0) is 14.5. The van der Waals surface area contributed by atoms with Crippen molar-refractivity contribution in [1.82, 2.24) is 15.1 Å². The Bertz CT molecular complexity index is 561. The maximum atomic E-state index is 6.02. The second-order valence-corrected chi connectivity index (χ2v) is 6.08. The minimum atomic E-state index is 0.165. The van der Waals surface area contributed by atoms with Crippen molar-refractivity contribution in [1.29, 1.82) is 0 Å². The molecule has 2 heterocycles. The van der Waals surface area contributed by atoms with E-state index in [1.807, 2.05) is 12.1 Å². The molecule has 0 bridgehead atoms. The maximum Gasteiger partial charge on any atom is 0.227 e. The molecule has 2 N–H and O–H groups in total. The number of rotatable bonds is 5. The standard InChI is InChI=1S/C16H22N4O/c17-12-16(6-2-1-3-7-16)11-15-19-14(20-21-15)10-13-4-8-18-9-5-13/h4-5,8-9H,1-3,6-7,10-12,17H2. The summed E-state index contributed by atoms with van der Waals surface area (Å²) in [5.74, 6) is 1.46. The third-order valence-electron chi connectivity index (χ3n) is 4.50. The minimum Gasteiger partial charge on any atom is -0.339 e. The van der Waals surface area contributed by atoms with Gasteiger partial charge >= 0.3 is 0 Å². The number of pyridine rings is 1. The summed E-state index contributed by atoms with van der Waals surface area (Å²) in [6.45, 7) is 0.703. The Labute approximate surface area is 125 Å². The van der Waals surface area contributed by atoms with Crippen molar-refractivity contribution >= 4 is 0 Å². The third kappa shape index (κ3) is 3.47. The Hall–Kier alpha value is -1.75. The average Bonchev–Trinajstić information content (AvgIpc) is 2.96. The molecule has 1 saturated carbocycles. The molecule has 112 valence electrons. The SMILES string of the molecule is NCC1(Cc2nc(Cc3ccncc3)no2)CCCCC1. The molecule has 0 spiro atoms. The molecule has 0 saturated heterocycles. The van der Waals surface area contributed by atoms with Gasteiger partial charge < -0.3 is 10.3 Å². The highest BCUT2D eigenvalue weighted by Gasteiger charge is 2.32. The molecule has 1 fully saturated rings. The van der Waals surface area contributed by atoms with Crippen LogP contribution >= 0.6 is 0 Å². The largest absolute Gasteiger partial charge is 0.339 e. The Kier molecular flexibility index (Phi) is 4.29. The van der Waals surface area contributed by atoms with Crippen molar-refractivity contribution in [3.63, 3.8) is 0 Å². The van der Waals surface area contributed by atoms with E-state index in [-0.39, 0.29) is 5.41 Å². The first-order valence-corrected chi connectivity index (χ1v) is 7.70. The number of aromatic nitrogens is 3. The Morgan fingerprint density at radius 3 is 2.62 bits per heavy atom. The van der Waals surface area contributed by atoms with E-state index < -0.39 is 0 Å². The lowest BCUT2D eigenvalue weighted by Crippen LogP contribution is -2.35. The van der Waals surface area contributed by atoms with Gasteiger partial charge in [-0.15, -0.1) is 0 Å². The van der Waals surface area contributed by atoms with Gasteiger partial charge in [-0.05, 0) is 42.5 Å². The summed E-state index contributed by atoms with van der Waals surface area (Å²) in [6, 6.07) is 3.94. The van der Waals surface area contributed by atoms with E-state index in [0.29, 0.717) is 13.0 Å². The van der Waals surface area contributed by atoms with Gasteiger partial charge in [0.15, 0.2) is 5.82 Å². The average molecular weight is 286 g/mol. The molecule has 1 aliphatic carbocycles. The van der Waals surface area contributed by atoms with E-state index in [4.69, 9.17) is 10.3 Å². The topological polar surface area (TPSA) is 77.8 Å². The Morgan fingerprint density at radius 1 is 1.14 bits per heavy atom. The summed E-state index contributed by atoms with van der Waals surface area (Å²) in [5.41, 5.74) is 7.33. The van der Waals surface area contributed by atoms with Crippen LogP contribution < -0.4 is 5.73 Å². The van der Waals surface area contributed by atoms with Gasteiger partial charge in [0.05, 0.1) is 0 Å². The second kappa shape index (κ2) is 6.35. The highest BCUT2D eigenvalue weighted by molar-refractivity contribution is 5.14. The van der Waals surface area contributed by atoms with E-state index in [1.165, 1.54) is 32.1 Å². The molecule has 5 nitrogen and oxygen atoms in total. The molecule has 3 rings (SSSR count). The predicted molar refractivity (Wildman–Crippen MR) is 79.6 cm³/mol. The Morgan fingerprint density at radius 2 is 1.90 bits per heavy atom. The molecule has 0 aliphatic heterocycles. The van der Waals surface area contributed by atoms with Crippen LogP contribution in [-0.2, 0) is 12.8 Å². The Balaban J connectivity index is 1.67. The van der Waals surface area contributed by atoms with Gasteiger partial charge in [0.1, 0.15) is 0 Å². The number of hydrogen-bond donors (Lipinski definition) is 1. The predicted octanol–water partition coefficient (Wildman–Crippen LogP) is 2.51. The molecular formula is C16H22N4O. The van der Waals surface area contributed by atoms with Crippen LogP contribution in [0.25, 0.3) is 0 Å². The first-order chi connectivity index (χ1) is 10.3. The van der Waals surface area contributed by atoms with Crippen molar-refractivity contribution in [3.05, 3.63) is 41.8 Å². The van der Waals surface area contributed by atoms with Crippen LogP contribution in [0.15, 0.2) is 29.0 Å². The van der Waals surface area contributed by atoms with Gasteiger partial charge in [-0.3, -0.25) is 4.98 Å². The summed E-state index contributed by atoms with van der Waals surface area (Å²) in [6.07, 6.45) is 11.2. The van der Waals surface area contributed by atoms with Crippen molar-refractivity contribution in [2.75, 3.05) is 6.54 Å². The second-order valence-electron chi connectivity index (χ2n) is 6.08. The maximum absolute atomic E-state index is 6.02. The summed E-state index contributed by atoms with van der Waals surface area (Å²) in [5, 5.41) is 4.10. The van der Waals surface area contributed by atoms with Crippen molar-refractivity contribution < 1.29 is 4.52 Å². The lowest BCUT2D eigenvalue weighted by atomic mass is 9.72. The highest BCUT2D eigenvalue weighted by atomic mass is 16.5. The van der Waals surface area contributed by atoms with E-state index >= 15 is 0 Å². The first-order valence-electron chi connectivity index (χ1n) is 7.70. The van der Waals surface area contributed by atoms with Gasteiger partial charge in [0.25, 0.3) is 0 Å². The molecule has 0 aromatic carbocycles. The summed E-state index contributed by atoms with van der Waals surface area (Å²) in [7, 11) is 0.